The lowest BCUT2D eigenvalue weighted by Gasteiger charge is -2.27. The first-order valence-corrected chi connectivity index (χ1v) is 11.5. The number of nitrogens with zero attached hydrogens (tertiary/aromatic N) is 2. The molecule has 0 aliphatic carbocycles. The third-order valence-electron chi connectivity index (χ3n) is 3.91. The minimum Gasteiger partial charge on any atom is -0.309 e. The highest BCUT2D eigenvalue weighted by Gasteiger charge is 2.19. The summed E-state index contributed by atoms with van der Waals surface area (Å²) >= 11 is 1.51. The minimum atomic E-state index is -3.26. The first kappa shape index (κ1) is 21.0. The summed E-state index contributed by atoms with van der Waals surface area (Å²) in [4.78, 5) is 14.6. The van der Waals surface area contributed by atoms with Gasteiger partial charge < -0.3 is 4.90 Å². The molecule has 27 heavy (non-hydrogen) atoms. The summed E-state index contributed by atoms with van der Waals surface area (Å²) in [5.74, 6) is 0.957. The van der Waals surface area contributed by atoms with Gasteiger partial charge in [-0.3, -0.25) is 4.79 Å². The van der Waals surface area contributed by atoms with Crippen molar-refractivity contribution in [2.45, 2.75) is 30.5 Å². The van der Waals surface area contributed by atoms with Gasteiger partial charge in [-0.25, -0.2) is 8.42 Å². The van der Waals surface area contributed by atoms with E-state index in [0.717, 1.165) is 11.8 Å². The van der Waals surface area contributed by atoms with Crippen molar-refractivity contribution >= 4 is 33.2 Å². The number of amides is 1. The Balaban J connectivity index is 2.03. The molecule has 0 saturated carbocycles. The summed E-state index contributed by atoms with van der Waals surface area (Å²) in [6.45, 7) is 3.85. The smallest absolute Gasteiger partial charge is 0.237 e. The molecule has 0 atom stereocenters. The molecule has 0 bridgehead atoms. The van der Waals surface area contributed by atoms with E-state index in [9.17, 15) is 13.2 Å². The minimum absolute atomic E-state index is 0.0317. The van der Waals surface area contributed by atoms with Crippen molar-refractivity contribution in [1.29, 1.82) is 5.26 Å². The van der Waals surface area contributed by atoms with Crippen LogP contribution >= 0.6 is 11.8 Å². The maximum atomic E-state index is 12.7. The standard InChI is InChI=1S/C20H22N2O3S2/c1-15(2)22(18-8-10-19(11-9-18)27(3,24)25)20(23)14-26-13-17-6-4-16(12-21)5-7-17/h4-11,15H,13-14H2,1-3H3. The summed E-state index contributed by atoms with van der Waals surface area (Å²) in [5.41, 5.74) is 2.35. The summed E-state index contributed by atoms with van der Waals surface area (Å²) in [6, 6.07) is 15.7. The highest BCUT2D eigenvalue weighted by Crippen LogP contribution is 2.22. The van der Waals surface area contributed by atoms with Gasteiger partial charge in [0.05, 0.1) is 22.3 Å². The van der Waals surface area contributed by atoms with Crippen LogP contribution in [0.1, 0.15) is 25.0 Å². The monoisotopic (exact) mass is 402 g/mol. The molecule has 0 aromatic heterocycles. The molecule has 7 heteroatoms. The van der Waals surface area contributed by atoms with Gasteiger partial charge in [0.15, 0.2) is 9.84 Å². The molecule has 0 unspecified atom stereocenters. The maximum Gasteiger partial charge on any atom is 0.237 e. The van der Waals surface area contributed by atoms with Gasteiger partial charge in [-0.05, 0) is 55.8 Å². The van der Waals surface area contributed by atoms with Gasteiger partial charge in [0.25, 0.3) is 0 Å². The van der Waals surface area contributed by atoms with Crippen LogP contribution in [0, 0.1) is 11.3 Å². The lowest BCUT2D eigenvalue weighted by atomic mass is 10.2. The Kier molecular flexibility index (Phi) is 7.05. The number of carbonyl (C=O) groups is 1. The Morgan fingerprint density at radius 3 is 2.19 bits per heavy atom. The number of rotatable bonds is 7. The molecule has 142 valence electrons. The number of hydrogen-bond acceptors (Lipinski definition) is 5. The molecule has 0 radical (unpaired) electrons. The van der Waals surface area contributed by atoms with Crippen LogP contribution in [0.5, 0.6) is 0 Å². The molecular formula is C20H22N2O3S2. The SMILES string of the molecule is CC(C)N(C(=O)CSCc1ccc(C#N)cc1)c1ccc(S(C)(=O)=O)cc1. The number of carbonyl (C=O) groups excluding carboxylic acids is 1. The van der Waals surface area contributed by atoms with Crippen LogP contribution in [0.25, 0.3) is 0 Å². The molecule has 5 nitrogen and oxygen atoms in total. The average Bonchev–Trinajstić information content (AvgIpc) is 2.62. The number of hydrogen-bond donors (Lipinski definition) is 0. The van der Waals surface area contributed by atoms with Gasteiger partial charge in [-0.2, -0.15) is 5.26 Å². The third kappa shape index (κ3) is 5.84. The maximum absolute atomic E-state index is 12.7. The van der Waals surface area contributed by atoms with Crippen molar-refractivity contribution in [3.8, 4) is 6.07 Å². The predicted octanol–water partition coefficient (Wildman–Crippen LogP) is 3.64. The van der Waals surface area contributed by atoms with Gasteiger partial charge in [-0.1, -0.05) is 12.1 Å². The topological polar surface area (TPSA) is 78.2 Å². The molecule has 2 aromatic rings. The molecule has 0 saturated heterocycles. The van der Waals surface area contributed by atoms with E-state index >= 15 is 0 Å². The molecule has 0 N–H and O–H groups in total. The van der Waals surface area contributed by atoms with Gasteiger partial charge in [-0.15, -0.1) is 11.8 Å². The third-order valence-corrected chi connectivity index (χ3v) is 6.02. The summed E-state index contributed by atoms with van der Waals surface area (Å²) in [5, 5.41) is 8.82. The van der Waals surface area contributed by atoms with Crippen LogP contribution in [0.4, 0.5) is 5.69 Å². The van der Waals surface area contributed by atoms with Crippen molar-refractivity contribution in [2.24, 2.45) is 0 Å². The first-order chi connectivity index (χ1) is 12.7. The van der Waals surface area contributed by atoms with E-state index in [1.54, 1.807) is 29.2 Å². The Hall–Kier alpha value is -2.30. The van der Waals surface area contributed by atoms with Crippen molar-refractivity contribution in [2.75, 3.05) is 16.9 Å². The molecule has 2 rings (SSSR count). The van der Waals surface area contributed by atoms with Crippen molar-refractivity contribution in [3.05, 3.63) is 59.7 Å². The largest absolute Gasteiger partial charge is 0.309 e. The second kappa shape index (κ2) is 9.07. The van der Waals surface area contributed by atoms with E-state index in [-0.39, 0.29) is 16.8 Å². The predicted molar refractivity (Wildman–Crippen MR) is 109 cm³/mol. The number of sulfone groups is 1. The van der Waals surface area contributed by atoms with E-state index in [0.29, 0.717) is 22.8 Å². The number of thioether (sulfide) groups is 1. The molecular weight excluding hydrogens is 380 g/mol. The lowest BCUT2D eigenvalue weighted by Crippen LogP contribution is -2.38. The normalized spacial score (nSPS) is 11.2. The van der Waals surface area contributed by atoms with Crippen molar-refractivity contribution < 1.29 is 13.2 Å². The molecule has 0 fully saturated rings. The van der Waals surface area contributed by atoms with E-state index in [4.69, 9.17) is 5.26 Å². The van der Waals surface area contributed by atoms with Crippen LogP contribution in [-0.4, -0.2) is 32.4 Å². The molecule has 0 aliphatic rings. The number of benzene rings is 2. The summed E-state index contributed by atoms with van der Waals surface area (Å²) < 4.78 is 23.2. The Morgan fingerprint density at radius 2 is 1.70 bits per heavy atom. The van der Waals surface area contributed by atoms with Crippen LogP contribution in [-0.2, 0) is 20.4 Å². The molecule has 0 aliphatic heterocycles. The van der Waals surface area contributed by atoms with Crippen molar-refractivity contribution in [3.63, 3.8) is 0 Å². The second-order valence-electron chi connectivity index (χ2n) is 6.43. The number of anilines is 1. The fourth-order valence-corrected chi connectivity index (χ4v) is 4.06. The van der Waals surface area contributed by atoms with Crippen LogP contribution in [0.3, 0.4) is 0 Å². The van der Waals surface area contributed by atoms with E-state index < -0.39 is 9.84 Å². The van der Waals surface area contributed by atoms with Gasteiger partial charge in [0, 0.05) is 23.7 Å². The zero-order valence-corrected chi connectivity index (χ0v) is 17.2. The average molecular weight is 403 g/mol. The van der Waals surface area contributed by atoms with Crippen LogP contribution in [0.15, 0.2) is 53.4 Å². The van der Waals surface area contributed by atoms with Gasteiger partial charge >= 0.3 is 0 Å². The molecule has 0 heterocycles. The molecule has 2 aromatic carbocycles. The molecule has 0 spiro atoms. The van der Waals surface area contributed by atoms with Crippen LogP contribution in [0.2, 0.25) is 0 Å². The second-order valence-corrected chi connectivity index (χ2v) is 9.43. The summed E-state index contributed by atoms with van der Waals surface area (Å²) in [6.07, 6.45) is 1.16. The fraction of sp³-hybridized carbons (Fsp3) is 0.300. The zero-order chi connectivity index (χ0) is 20.0. The quantitative estimate of drug-likeness (QED) is 0.707. The van der Waals surface area contributed by atoms with E-state index in [2.05, 4.69) is 6.07 Å². The van der Waals surface area contributed by atoms with Crippen LogP contribution < -0.4 is 4.90 Å². The van der Waals surface area contributed by atoms with Gasteiger partial charge in [0.2, 0.25) is 5.91 Å². The Labute approximate surface area is 164 Å². The van der Waals surface area contributed by atoms with Gasteiger partial charge in [0.1, 0.15) is 0 Å². The van der Waals surface area contributed by atoms with Crippen molar-refractivity contribution in [1.82, 2.24) is 0 Å². The Morgan fingerprint density at radius 1 is 1.11 bits per heavy atom. The van der Waals surface area contributed by atoms with E-state index in [1.807, 2.05) is 26.0 Å². The highest BCUT2D eigenvalue weighted by molar-refractivity contribution is 7.99. The highest BCUT2D eigenvalue weighted by atomic mass is 32.2. The number of nitriles is 1. The Bertz CT molecular complexity index is 929. The van der Waals surface area contributed by atoms with E-state index in [1.165, 1.54) is 23.9 Å². The lowest BCUT2D eigenvalue weighted by molar-refractivity contribution is -0.116. The summed E-state index contributed by atoms with van der Waals surface area (Å²) in [7, 11) is -3.26. The molecule has 1 amide bonds. The first-order valence-electron chi connectivity index (χ1n) is 8.41. The zero-order valence-electron chi connectivity index (χ0n) is 15.5. The fourth-order valence-electron chi connectivity index (χ4n) is 2.59.